The maximum atomic E-state index is 13.4. The first-order chi connectivity index (χ1) is 9.65. The number of phenols is 1. The first kappa shape index (κ1) is 14.4. The van der Waals surface area contributed by atoms with E-state index in [0.29, 0.717) is 5.56 Å². The fourth-order valence-electron chi connectivity index (χ4n) is 1.61. The van der Waals surface area contributed by atoms with Gasteiger partial charge in [0.25, 0.3) is 0 Å². The number of hydrogen-bond acceptors (Lipinski definition) is 3. The molecule has 20 heavy (non-hydrogen) atoms. The van der Waals surface area contributed by atoms with Crippen molar-refractivity contribution in [1.82, 2.24) is 5.32 Å². The number of carbonyl (C=O) groups excluding carboxylic acids is 1. The van der Waals surface area contributed by atoms with Gasteiger partial charge in [-0.1, -0.05) is 24.3 Å². The summed E-state index contributed by atoms with van der Waals surface area (Å²) in [6.07, 6.45) is 0. The molecule has 2 N–H and O–H groups in total. The first-order valence-corrected chi connectivity index (χ1v) is 7.05. The highest BCUT2D eigenvalue weighted by Gasteiger charge is 2.05. The summed E-state index contributed by atoms with van der Waals surface area (Å²) in [6, 6.07) is 13.0. The van der Waals surface area contributed by atoms with Gasteiger partial charge in [0.2, 0.25) is 5.91 Å². The molecule has 0 saturated heterocycles. The van der Waals surface area contributed by atoms with Crippen LogP contribution in [0.2, 0.25) is 0 Å². The lowest BCUT2D eigenvalue weighted by Crippen LogP contribution is -2.24. The average molecular weight is 291 g/mol. The molecule has 0 heterocycles. The number of amides is 1. The van der Waals surface area contributed by atoms with Crippen molar-refractivity contribution in [2.24, 2.45) is 0 Å². The molecule has 1 amide bonds. The summed E-state index contributed by atoms with van der Waals surface area (Å²) in [5, 5.41) is 12.0. The molecule has 0 aliphatic rings. The number of thioether (sulfide) groups is 1. The van der Waals surface area contributed by atoms with Gasteiger partial charge < -0.3 is 10.4 Å². The Hall–Kier alpha value is -2.01. The molecule has 0 bridgehead atoms. The molecular formula is C15H14FNO2S. The van der Waals surface area contributed by atoms with Crippen LogP contribution < -0.4 is 5.32 Å². The third kappa shape index (κ3) is 4.28. The summed E-state index contributed by atoms with van der Waals surface area (Å²) < 4.78 is 13.4. The minimum Gasteiger partial charge on any atom is -0.508 e. The summed E-state index contributed by atoms with van der Waals surface area (Å²) in [6.45, 7) is 0.173. The Morgan fingerprint density at radius 3 is 2.75 bits per heavy atom. The Kier molecular flexibility index (Phi) is 5.01. The number of hydrogen-bond donors (Lipinski definition) is 2. The highest BCUT2D eigenvalue weighted by atomic mass is 32.2. The van der Waals surface area contributed by atoms with Crippen molar-refractivity contribution in [3.05, 3.63) is 59.9 Å². The molecule has 0 aliphatic heterocycles. The molecule has 5 heteroatoms. The third-order valence-corrected chi connectivity index (χ3v) is 3.62. The van der Waals surface area contributed by atoms with E-state index < -0.39 is 0 Å². The van der Waals surface area contributed by atoms with E-state index in [1.54, 1.807) is 36.4 Å². The van der Waals surface area contributed by atoms with E-state index >= 15 is 0 Å². The summed E-state index contributed by atoms with van der Waals surface area (Å²) in [7, 11) is 0. The fraction of sp³-hybridized carbons (Fsp3) is 0.133. The van der Waals surface area contributed by atoms with E-state index in [9.17, 15) is 14.3 Å². The lowest BCUT2D eigenvalue weighted by molar-refractivity contribution is -0.118. The smallest absolute Gasteiger partial charge is 0.230 e. The number of rotatable bonds is 5. The fourth-order valence-corrected chi connectivity index (χ4v) is 2.39. The van der Waals surface area contributed by atoms with Crippen molar-refractivity contribution in [2.75, 3.05) is 5.75 Å². The Labute approximate surface area is 120 Å². The van der Waals surface area contributed by atoms with Gasteiger partial charge in [-0.2, -0.15) is 0 Å². The molecule has 2 rings (SSSR count). The Bertz CT molecular complexity index is 604. The standard InChI is InChI=1S/C15H14FNO2S/c16-14-7-2-1-4-11(14)9-17-15(19)10-20-13-6-3-5-12(18)8-13/h1-8,18H,9-10H2,(H,17,19). The van der Waals surface area contributed by atoms with Crippen LogP contribution in [0.15, 0.2) is 53.4 Å². The Morgan fingerprint density at radius 2 is 2.00 bits per heavy atom. The van der Waals surface area contributed by atoms with E-state index in [0.717, 1.165) is 4.90 Å². The molecule has 0 saturated carbocycles. The number of nitrogens with one attached hydrogen (secondary N) is 1. The van der Waals surface area contributed by atoms with Gasteiger partial charge in [0.15, 0.2) is 0 Å². The van der Waals surface area contributed by atoms with Gasteiger partial charge in [-0.05, 0) is 24.3 Å². The number of carbonyl (C=O) groups is 1. The second-order valence-electron chi connectivity index (χ2n) is 4.15. The molecule has 0 spiro atoms. The molecule has 2 aromatic carbocycles. The number of phenolic OH excluding ortho intramolecular Hbond substituents is 1. The molecule has 0 radical (unpaired) electrons. The highest BCUT2D eigenvalue weighted by Crippen LogP contribution is 2.21. The van der Waals surface area contributed by atoms with E-state index in [1.165, 1.54) is 17.8 Å². The van der Waals surface area contributed by atoms with Crippen molar-refractivity contribution in [1.29, 1.82) is 0 Å². The zero-order valence-electron chi connectivity index (χ0n) is 10.7. The van der Waals surface area contributed by atoms with Gasteiger partial charge in [-0.3, -0.25) is 4.79 Å². The van der Waals surface area contributed by atoms with Crippen molar-refractivity contribution in [3.63, 3.8) is 0 Å². The van der Waals surface area contributed by atoms with Crippen LogP contribution in [0, 0.1) is 5.82 Å². The van der Waals surface area contributed by atoms with E-state index in [-0.39, 0.29) is 29.8 Å². The van der Waals surface area contributed by atoms with Gasteiger partial charge in [0, 0.05) is 17.0 Å². The molecule has 0 unspecified atom stereocenters. The van der Waals surface area contributed by atoms with E-state index in [4.69, 9.17) is 0 Å². The zero-order chi connectivity index (χ0) is 14.4. The van der Waals surface area contributed by atoms with Crippen LogP contribution in [0.4, 0.5) is 4.39 Å². The molecule has 0 aliphatic carbocycles. The first-order valence-electron chi connectivity index (χ1n) is 6.07. The second-order valence-corrected chi connectivity index (χ2v) is 5.20. The van der Waals surface area contributed by atoms with Gasteiger partial charge in [-0.15, -0.1) is 11.8 Å². The molecule has 3 nitrogen and oxygen atoms in total. The largest absolute Gasteiger partial charge is 0.508 e. The maximum absolute atomic E-state index is 13.4. The quantitative estimate of drug-likeness (QED) is 0.833. The van der Waals surface area contributed by atoms with Crippen molar-refractivity contribution < 1.29 is 14.3 Å². The van der Waals surface area contributed by atoms with E-state index in [2.05, 4.69) is 5.32 Å². The predicted octanol–water partition coefficient (Wildman–Crippen LogP) is 2.94. The normalized spacial score (nSPS) is 10.2. The summed E-state index contributed by atoms with van der Waals surface area (Å²) in [5.74, 6) is -0.116. The molecular weight excluding hydrogens is 277 g/mol. The van der Waals surface area contributed by atoms with Crippen LogP contribution in [0.5, 0.6) is 5.75 Å². The summed E-state index contributed by atoms with van der Waals surface area (Å²) in [4.78, 5) is 12.5. The van der Waals surface area contributed by atoms with Crippen molar-refractivity contribution in [3.8, 4) is 5.75 Å². The molecule has 0 fully saturated rings. The number of halogens is 1. The van der Waals surface area contributed by atoms with Crippen LogP contribution in [0.3, 0.4) is 0 Å². The minimum atomic E-state index is -0.326. The maximum Gasteiger partial charge on any atom is 0.230 e. The lowest BCUT2D eigenvalue weighted by Gasteiger charge is -2.06. The lowest BCUT2D eigenvalue weighted by atomic mass is 10.2. The van der Waals surface area contributed by atoms with E-state index in [1.807, 2.05) is 6.07 Å². The average Bonchev–Trinajstić information content (AvgIpc) is 2.44. The van der Waals surface area contributed by atoms with Crippen LogP contribution in [0.1, 0.15) is 5.56 Å². The summed E-state index contributed by atoms with van der Waals surface area (Å²) >= 11 is 1.32. The second kappa shape index (κ2) is 6.96. The zero-order valence-corrected chi connectivity index (χ0v) is 11.5. The molecule has 2 aromatic rings. The number of aromatic hydroxyl groups is 1. The number of benzene rings is 2. The summed E-state index contributed by atoms with van der Waals surface area (Å²) in [5.41, 5.74) is 0.461. The minimum absolute atomic E-state index is 0.168. The third-order valence-electron chi connectivity index (χ3n) is 2.62. The monoisotopic (exact) mass is 291 g/mol. The molecule has 0 atom stereocenters. The topological polar surface area (TPSA) is 49.3 Å². The van der Waals surface area contributed by atoms with Gasteiger partial charge in [0.1, 0.15) is 11.6 Å². The highest BCUT2D eigenvalue weighted by molar-refractivity contribution is 8.00. The van der Waals surface area contributed by atoms with Crippen LogP contribution in [-0.2, 0) is 11.3 Å². The molecule has 104 valence electrons. The van der Waals surface area contributed by atoms with Crippen LogP contribution in [0.25, 0.3) is 0 Å². The van der Waals surface area contributed by atoms with Crippen molar-refractivity contribution in [2.45, 2.75) is 11.4 Å². The van der Waals surface area contributed by atoms with Gasteiger partial charge in [-0.25, -0.2) is 4.39 Å². The Balaban J connectivity index is 1.80. The van der Waals surface area contributed by atoms with Gasteiger partial charge >= 0.3 is 0 Å². The molecule has 0 aromatic heterocycles. The van der Waals surface area contributed by atoms with Crippen LogP contribution >= 0.6 is 11.8 Å². The predicted molar refractivity (Wildman–Crippen MR) is 77.1 cm³/mol. The van der Waals surface area contributed by atoms with Crippen LogP contribution in [-0.4, -0.2) is 16.8 Å². The Morgan fingerprint density at radius 1 is 1.20 bits per heavy atom. The van der Waals surface area contributed by atoms with Crippen molar-refractivity contribution >= 4 is 17.7 Å². The SMILES string of the molecule is O=C(CSc1cccc(O)c1)NCc1ccccc1F. The van der Waals surface area contributed by atoms with Gasteiger partial charge in [0.05, 0.1) is 5.75 Å².